The van der Waals surface area contributed by atoms with Crippen LogP contribution in [-0.4, -0.2) is 40.2 Å². The number of nitrogens with zero attached hydrogens (tertiary/aromatic N) is 1. The number of anilines is 1. The quantitative estimate of drug-likeness (QED) is 0.725. The number of hydrogen-bond acceptors (Lipinski definition) is 4. The van der Waals surface area contributed by atoms with Gasteiger partial charge < -0.3 is 10.6 Å². The molecule has 1 amide bonds. The van der Waals surface area contributed by atoms with E-state index in [1.54, 1.807) is 24.7 Å². The minimum absolute atomic E-state index is 0.129. The number of carbonyl (C=O) groups excluding carboxylic acids is 1. The van der Waals surface area contributed by atoms with Gasteiger partial charge in [-0.3, -0.25) is 14.0 Å². The average Bonchev–Trinajstić information content (AvgIpc) is 2.35. The molecular formula is C12H19N3O2S. The normalized spacial score (nSPS) is 11.9. The number of pyridine rings is 1. The monoisotopic (exact) mass is 269 g/mol. The third-order valence-electron chi connectivity index (χ3n) is 2.33. The Hall–Kier alpha value is -1.43. The maximum Gasteiger partial charge on any atom is 0.253 e. The maximum absolute atomic E-state index is 11.9. The number of amides is 1. The van der Waals surface area contributed by atoms with Crippen molar-refractivity contribution in [2.45, 2.75) is 13.3 Å². The third-order valence-corrected chi connectivity index (χ3v) is 3.19. The fourth-order valence-corrected chi connectivity index (χ4v) is 2.05. The molecule has 0 bridgehead atoms. The van der Waals surface area contributed by atoms with Crippen LogP contribution in [0.3, 0.4) is 0 Å². The minimum Gasteiger partial charge on any atom is -0.383 e. The lowest BCUT2D eigenvalue weighted by Gasteiger charge is -2.10. The molecule has 100 valence electrons. The lowest BCUT2D eigenvalue weighted by Crippen LogP contribution is -2.26. The van der Waals surface area contributed by atoms with E-state index >= 15 is 0 Å². The van der Waals surface area contributed by atoms with Gasteiger partial charge in [-0.25, -0.2) is 0 Å². The van der Waals surface area contributed by atoms with Crippen LogP contribution in [-0.2, 0) is 10.8 Å². The molecule has 0 saturated heterocycles. The van der Waals surface area contributed by atoms with E-state index in [0.717, 1.165) is 18.7 Å². The van der Waals surface area contributed by atoms with Gasteiger partial charge in [-0.05, 0) is 19.4 Å². The van der Waals surface area contributed by atoms with E-state index in [2.05, 4.69) is 15.6 Å². The zero-order valence-corrected chi connectivity index (χ0v) is 11.5. The van der Waals surface area contributed by atoms with E-state index in [1.807, 2.05) is 6.92 Å². The van der Waals surface area contributed by atoms with E-state index in [9.17, 15) is 9.00 Å². The standard InChI is InChI=1S/C12H19N3O2S/c1-3-14-11-9-13-7-5-10(11)12(16)15-6-4-8-18(2)17/h5,7,9,14H,3-4,6,8H2,1-2H3,(H,15,16). The van der Waals surface area contributed by atoms with Gasteiger partial charge in [0, 0.05) is 42.1 Å². The summed E-state index contributed by atoms with van der Waals surface area (Å²) in [6.45, 7) is 3.23. The van der Waals surface area contributed by atoms with Crippen molar-refractivity contribution in [3.63, 3.8) is 0 Å². The molecule has 6 heteroatoms. The van der Waals surface area contributed by atoms with Crippen molar-refractivity contribution in [3.05, 3.63) is 24.0 Å². The molecule has 18 heavy (non-hydrogen) atoms. The maximum atomic E-state index is 11.9. The molecule has 0 aliphatic rings. The van der Waals surface area contributed by atoms with Gasteiger partial charge in [-0.1, -0.05) is 0 Å². The smallest absolute Gasteiger partial charge is 0.253 e. The Morgan fingerprint density at radius 3 is 2.94 bits per heavy atom. The van der Waals surface area contributed by atoms with Crippen LogP contribution in [0.2, 0.25) is 0 Å². The Bertz CT molecular complexity index is 424. The highest BCUT2D eigenvalue weighted by Crippen LogP contribution is 2.12. The second kappa shape index (κ2) is 7.81. The first-order valence-corrected chi connectivity index (χ1v) is 7.64. The van der Waals surface area contributed by atoms with Crippen molar-refractivity contribution >= 4 is 22.4 Å². The predicted octanol–water partition coefficient (Wildman–Crippen LogP) is 1.01. The van der Waals surface area contributed by atoms with Gasteiger partial charge in [-0.15, -0.1) is 0 Å². The Morgan fingerprint density at radius 1 is 1.50 bits per heavy atom. The van der Waals surface area contributed by atoms with E-state index in [-0.39, 0.29) is 5.91 Å². The Labute approximate surface area is 110 Å². The topological polar surface area (TPSA) is 71.1 Å². The molecular weight excluding hydrogens is 250 g/mol. The second-order valence-electron chi connectivity index (χ2n) is 3.84. The van der Waals surface area contributed by atoms with Crippen LogP contribution in [0.15, 0.2) is 18.5 Å². The van der Waals surface area contributed by atoms with E-state index in [0.29, 0.717) is 17.9 Å². The first-order chi connectivity index (χ1) is 8.65. The summed E-state index contributed by atoms with van der Waals surface area (Å²) >= 11 is 0. The van der Waals surface area contributed by atoms with Gasteiger partial charge in [0.25, 0.3) is 5.91 Å². The molecule has 1 aromatic rings. The minimum atomic E-state index is -0.806. The molecule has 0 spiro atoms. The molecule has 1 atom stereocenters. The Morgan fingerprint density at radius 2 is 2.28 bits per heavy atom. The first kappa shape index (κ1) is 14.6. The predicted molar refractivity (Wildman–Crippen MR) is 74.3 cm³/mol. The first-order valence-electron chi connectivity index (χ1n) is 5.91. The number of nitrogens with one attached hydrogen (secondary N) is 2. The van der Waals surface area contributed by atoms with Gasteiger partial charge >= 0.3 is 0 Å². The summed E-state index contributed by atoms with van der Waals surface area (Å²) in [5, 5.41) is 5.91. The van der Waals surface area contributed by atoms with E-state index in [1.165, 1.54) is 0 Å². The average molecular weight is 269 g/mol. The number of aromatic nitrogens is 1. The summed E-state index contributed by atoms with van der Waals surface area (Å²) in [7, 11) is -0.806. The van der Waals surface area contributed by atoms with Crippen molar-refractivity contribution in [3.8, 4) is 0 Å². The summed E-state index contributed by atoms with van der Waals surface area (Å²) in [5.74, 6) is 0.478. The van der Waals surface area contributed by atoms with Crippen LogP contribution < -0.4 is 10.6 Å². The zero-order valence-electron chi connectivity index (χ0n) is 10.7. The summed E-state index contributed by atoms with van der Waals surface area (Å²) in [6, 6.07) is 1.69. The highest BCUT2D eigenvalue weighted by Gasteiger charge is 2.09. The lowest BCUT2D eigenvalue weighted by molar-refractivity contribution is 0.0954. The Balaban J connectivity index is 2.53. The van der Waals surface area contributed by atoms with Crippen LogP contribution in [0, 0.1) is 0 Å². The molecule has 5 nitrogen and oxygen atoms in total. The van der Waals surface area contributed by atoms with E-state index < -0.39 is 10.8 Å². The van der Waals surface area contributed by atoms with Crippen molar-refractivity contribution in [2.24, 2.45) is 0 Å². The molecule has 1 unspecified atom stereocenters. The highest BCUT2D eigenvalue weighted by atomic mass is 32.2. The third kappa shape index (κ3) is 4.83. The zero-order chi connectivity index (χ0) is 13.4. The molecule has 0 radical (unpaired) electrons. The van der Waals surface area contributed by atoms with Gasteiger partial charge in [-0.2, -0.15) is 0 Å². The SMILES string of the molecule is CCNc1cnccc1C(=O)NCCCS(C)=O. The molecule has 0 aliphatic heterocycles. The molecule has 1 rings (SSSR count). The van der Waals surface area contributed by atoms with Gasteiger partial charge in [0.1, 0.15) is 0 Å². The molecule has 1 aromatic heterocycles. The summed E-state index contributed by atoms with van der Waals surface area (Å²) in [4.78, 5) is 15.9. The van der Waals surface area contributed by atoms with Gasteiger partial charge in [0.15, 0.2) is 0 Å². The fraction of sp³-hybridized carbons (Fsp3) is 0.500. The highest BCUT2D eigenvalue weighted by molar-refractivity contribution is 7.84. The fourth-order valence-electron chi connectivity index (χ4n) is 1.50. The summed E-state index contributed by atoms with van der Waals surface area (Å²) in [5.41, 5.74) is 1.32. The molecule has 0 aliphatic carbocycles. The van der Waals surface area contributed by atoms with Gasteiger partial charge in [0.05, 0.1) is 17.4 Å². The van der Waals surface area contributed by atoms with Crippen LogP contribution in [0.5, 0.6) is 0 Å². The number of carbonyl (C=O) groups is 1. The summed E-state index contributed by atoms with van der Waals surface area (Å²) < 4.78 is 10.9. The molecule has 0 aromatic carbocycles. The lowest BCUT2D eigenvalue weighted by atomic mass is 10.2. The van der Waals surface area contributed by atoms with Crippen LogP contribution in [0.4, 0.5) is 5.69 Å². The van der Waals surface area contributed by atoms with E-state index in [4.69, 9.17) is 0 Å². The van der Waals surface area contributed by atoms with Crippen molar-refractivity contribution < 1.29 is 9.00 Å². The van der Waals surface area contributed by atoms with Crippen molar-refractivity contribution in [1.82, 2.24) is 10.3 Å². The van der Waals surface area contributed by atoms with Crippen LogP contribution >= 0.6 is 0 Å². The van der Waals surface area contributed by atoms with Gasteiger partial charge in [0.2, 0.25) is 0 Å². The van der Waals surface area contributed by atoms with Crippen molar-refractivity contribution in [2.75, 3.05) is 30.4 Å². The molecule has 0 fully saturated rings. The summed E-state index contributed by atoms with van der Waals surface area (Å²) in [6.07, 6.45) is 5.61. The molecule has 0 saturated carbocycles. The largest absolute Gasteiger partial charge is 0.383 e. The molecule has 1 heterocycles. The van der Waals surface area contributed by atoms with Crippen molar-refractivity contribution in [1.29, 1.82) is 0 Å². The van der Waals surface area contributed by atoms with Crippen LogP contribution in [0.1, 0.15) is 23.7 Å². The number of hydrogen-bond donors (Lipinski definition) is 2. The second-order valence-corrected chi connectivity index (χ2v) is 5.39. The number of rotatable bonds is 7. The molecule has 2 N–H and O–H groups in total. The van der Waals surface area contributed by atoms with Crippen LogP contribution in [0.25, 0.3) is 0 Å². The Kier molecular flexibility index (Phi) is 6.35.